The molecule has 0 bridgehead atoms. The van der Waals surface area contributed by atoms with Gasteiger partial charge in [0.15, 0.2) is 0 Å². The van der Waals surface area contributed by atoms with Gasteiger partial charge in [-0.25, -0.2) is 13.4 Å². The molecule has 0 radical (unpaired) electrons. The molecule has 0 saturated heterocycles. The summed E-state index contributed by atoms with van der Waals surface area (Å²) in [6.45, 7) is 3.00. The van der Waals surface area contributed by atoms with E-state index >= 15 is 0 Å². The zero-order valence-electron chi connectivity index (χ0n) is 16.5. The van der Waals surface area contributed by atoms with E-state index in [-0.39, 0.29) is 4.90 Å². The summed E-state index contributed by atoms with van der Waals surface area (Å²) in [4.78, 5) is 4.90. The molecule has 30 heavy (non-hydrogen) atoms. The molecule has 1 N–H and O–H groups in total. The van der Waals surface area contributed by atoms with Crippen molar-refractivity contribution in [3.05, 3.63) is 89.2 Å². The van der Waals surface area contributed by atoms with Gasteiger partial charge in [0.25, 0.3) is 10.0 Å². The number of hydrogen-bond acceptors (Lipinski definition) is 3. The average Bonchev–Trinajstić information content (AvgIpc) is 3.10. The lowest BCUT2D eigenvalue weighted by Gasteiger charge is -2.10. The molecule has 154 valence electrons. The Kier molecular flexibility index (Phi) is 5.79. The van der Waals surface area contributed by atoms with Gasteiger partial charge in [-0.2, -0.15) is 0 Å². The fraction of sp³-hybridized carbons (Fsp3) is 0.174. The highest BCUT2D eigenvalue weighted by molar-refractivity contribution is 7.92. The van der Waals surface area contributed by atoms with Gasteiger partial charge in [-0.1, -0.05) is 41.9 Å². The Morgan fingerprint density at radius 2 is 1.73 bits per heavy atom. The Morgan fingerprint density at radius 3 is 2.47 bits per heavy atom. The molecule has 5 nitrogen and oxygen atoms in total. The molecule has 0 saturated carbocycles. The third-order valence-electron chi connectivity index (χ3n) is 5.00. The van der Waals surface area contributed by atoms with Gasteiger partial charge < -0.3 is 4.57 Å². The van der Waals surface area contributed by atoms with Crippen molar-refractivity contribution in [2.45, 2.75) is 31.2 Å². The smallest absolute Gasteiger partial charge is 0.261 e. The molecule has 0 aliphatic carbocycles. The predicted octanol–water partition coefficient (Wildman–Crippen LogP) is 5.30. The Balaban J connectivity index is 1.46. The van der Waals surface area contributed by atoms with Gasteiger partial charge in [-0.15, -0.1) is 0 Å². The molecule has 0 aliphatic heterocycles. The number of imidazole rings is 1. The van der Waals surface area contributed by atoms with Crippen LogP contribution in [0.1, 0.15) is 18.3 Å². The average molecular weight is 440 g/mol. The molecule has 0 amide bonds. The van der Waals surface area contributed by atoms with Crippen LogP contribution in [0.3, 0.4) is 0 Å². The SMILES string of the molecule is CCn1c(CCc2ccc(NS(=O)(=O)c3cccc(Cl)c3)cc2)nc2ccccc21. The summed E-state index contributed by atoms with van der Waals surface area (Å²) < 4.78 is 29.9. The topological polar surface area (TPSA) is 64.0 Å². The fourth-order valence-corrected chi connectivity index (χ4v) is 4.87. The standard InChI is InChI=1S/C23H22ClN3O2S/c1-2-27-22-9-4-3-8-21(22)25-23(27)15-12-17-10-13-19(14-11-17)26-30(28,29)20-7-5-6-18(24)16-20/h3-11,13-14,16,26H,2,12,15H2,1H3. The van der Waals surface area contributed by atoms with Gasteiger partial charge in [-0.3, -0.25) is 4.72 Å². The van der Waals surface area contributed by atoms with E-state index in [0.717, 1.165) is 41.8 Å². The van der Waals surface area contributed by atoms with E-state index in [2.05, 4.69) is 22.3 Å². The van der Waals surface area contributed by atoms with Crippen LogP contribution in [0, 0.1) is 0 Å². The zero-order valence-corrected chi connectivity index (χ0v) is 18.1. The number of anilines is 1. The predicted molar refractivity (Wildman–Crippen MR) is 122 cm³/mol. The van der Waals surface area contributed by atoms with E-state index in [0.29, 0.717) is 10.7 Å². The summed E-state index contributed by atoms with van der Waals surface area (Å²) in [5.74, 6) is 1.06. The van der Waals surface area contributed by atoms with E-state index in [9.17, 15) is 8.42 Å². The van der Waals surface area contributed by atoms with E-state index in [1.165, 1.54) is 12.1 Å². The Bertz CT molecular complexity index is 1280. The third kappa shape index (κ3) is 4.35. The molecule has 4 aromatic rings. The minimum Gasteiger partial charge on any atom is -0.328 e. The Morgan fingerprint density at radius 1 is 0.967 bits per heavy atom. The number of para-hydroxylation sites is 2. The van der Waals surface area contributed by atoms with Gasteiger partial charge in [0, 0.05) is 23.7 Å². The number of halogens is 1. The number of nitrogens with one attached hydrogen (secondary N) is 1. The largest absolute Gasteiger partial charge is 0.328 e. The molecule has 0 spiro atoms. The van der Waals surface area contributed by atoms with Crippen LogP contribution in [0.4, 0.5) is 5.69 Å². The van der Waals surface area contributed by atoms with E-state index in [1.54, 1.807) is 24.3 Å². The number of rotatable bonds is 7. The summed E-state index contributed by atoms with van der Waals surface area (Å²) in [6, 6.07) is 21.8. The van der Waals surface area contributed by atoms with Crippen LogP contribution in [0.25, 0.3) is 11.0 Å². The normalized spacial score (nSPS) is 11.7. The Labute approximate surface area is 181 Å². The van der Waals surface area contributed by atoms with Gasteiger partial charge in [0.1, 0.15) is 5.82 Å². The van der Waals surface area contributed by atoms with E-state index in [4.69, 9.17) is 16.6 Å². The van der Waals surface area contributed by atoms with Crippen molar-refractivity contribution in [2.24, 2.45) is 0 Å². The quantitative estimate of drug-likeness (QED) is 0.425. The van der Waals surface area contributed by atoms with E-state index in [1.807, 2.05) is 30.3 Å². The number of aryl methyl sites for hydroxylation is 3. The first kappa shape index (κ1) is 20.4. The first-order valence-electron chi connectivity index (χ1n) is 9.78. The van der Waals surface area contributed by atoms with Crippen molar-refractivity contribution in [3.8, 4) is 0 Å². The highest BCUT2D eigenvalue weighted by atomic mass is 35.5. The minimum absolute atomic E-state index is 0.137. The second-order valence-corrected chi connectivity index (χ2v) is 9.14. The van der Waals surface area contributed by atoms with Crippen molar-refractivity contribution < 1.29 is 8.42 Å². The molecule has 1 heterocycles. The monoisotopic (exact) mass is 439 g/mol. The Hall–Kier alpha value is -2.83. The summed E-state index contributed by atoms with van der Waals surface area (Å²) in [7, 11) is -3.68. The lowest BCUT2D eigenvalue weighted by molar-refractivity contribution is 0.601. The second-order valence-electron chi connectivity index (χ2n) is 7.02. The van der Waals surface area contributed by atoms with Crippen LogP contribution >= 0.6 is 11.6 Å². The number of benzene rings is 3. The van der Waals surface area contributed by atoms with Crippen LogP contribution in [0.5, 0.6) is 0 Å². The van der Waals surface area contributed by atoms with Crippen LogP contribution in [0.15, 0.2) is 77.7 Å². The molecule has 0 atom stereocenters. The number of hydrogen-bond donors (Lipinski definition) is 1. The van der Waals surface area contributed by atoms with Crippen LogP contribution in [-0.2, 0) is 29.4 Å². The van der Waals surface area contributed by atoms with Crippen LogP contribution in [0.2, 0.25) is 5.02 Å². The summed E-state index contributed by atoms with van der Waals surface area (Å²) in [5, 5.41) is 0.381. The number of fused-ring (bicyclic) bond motifs is 1. The van der Waals surface area contributed by atoms with Gasteiger partial charge in [-0.05, 0) is 61.4 Å². The lowest BCUT2D eigenvalue weighted by atomic mass is 10.1. The van der Waals surface area contributed by atoms with Crippen molar-refractivity contribution in [1.29, 1.82) is 0 Å². The molecule has 7 heteroatoms. The van der Waals surface area contributed by atoms with Gasteiger partial charge in [0.2, 0.25) is 0 Å². The fourth-order valence-electron chi connectivity index (χ4n) is 3.51. The molecular formula is C23H22ClN3O2S. The third-order valence-corrected chi connectivity index (χ3v) is 6.61. The van der Waals surface area contributed by atoms with Crippen molar-refractivity contribution in [3.63, 3.8) is 0 Å². The van der Waals surface area contributed by atoms with E-state index < -0.39 is 10.0 Å². The minimum atomic E-state index is -3.68. The van der Waals surface area contributed by atoms with Crippen LogP contribution in [-0.4, -0.2) is 18.0 Å². The van der Waals surface area contributed by atoms with Crippen LogP contribution < -0.4 is 4.72 Å². The lowest BCUT2D eigenvalue weighted by Crippen LogP contribution is -2.12. The maximum absolute atomic E-state index is 12.5. The molecule has 4 rings (SSSR count). The summed E-state index contributed by atoms with van der Waals surface area (Å²) in [5.41, 5.74) is 3.80. The first-order chi connectivity index (χ1) is 14.5. The van der Waals surface area contributed by atoms with Gasteiger partial charge >= 0.3 is 0 Å². The highest BCUT2D eigenvalue weighted by Gasteiger charge is 2.14. The zero-order chi connectivity index (χ0) is 21.1. The van der Waals surface area contributed by atoms with Crippen molar-refractivity contribution >= 4 is 38.3 Å². The summed E-state index contributed by atoms with van der Waals surface area (Å²) in [6.07, 6.45) is 1.64. The highest BCUT2D eigenvalue weighted by Crippen LogP contribution is 2.21. The molecule has 0 aliphatic rings. The molecular weight excluding hydrogens is 418 g/mol. The first-order valence-corrected chi connectivity index (χ1v) is 11.6. The molecule has 0 fully saturated rings. The molecule has 1 aromatic heterocycles. The summed E-state index contributed by atoms with van der Waals surface area (Å²) >= 11 is 5.91. The number of sulfonamides is 1. The number of aromatic nitrogens is 2. The van der Waals surface area contributed by atoms with Crippen molar-refractivity contribution in [2.75, 3.05) is 4.72 Å². The maximum Gasteiger partial charge on any atom is 0.261 e. The molecule has 3 aromatic carbocycles. The maximum atomic E-state index is 12.5. The molecule has 0 unspecified atom stereocenters. The second kappa shape index (κ2) is 8.50. The number of nitrogens with zero attached hydrogens (tertiary/aromatic N) is 2. The van der Waals surface area contributed by atoms with Gasteiger partial charge in [0.05, 0.1) is 15.9 Å². The van der Waals surface area contributed by atoms with Crippen molar-refractivity contribution in [1.82, 2.24) is 9.55 Å².